The fraction of sp³-hybridized carbons (Fsp3) is 0.273. The zero-order valence-electron chi connectivity index (χ0n) is 10.1. The van der Waals surface area contributed by atoms with Gasteiger partial charge in [-0.25, -0.2) is 4.79 Å². The smallest absolute Gasteiger partial charge is 0.380 e. The van der Waals surface area contributed by atoms with Crippen LogP contribution in [0.1, 0.15) is 5.56 Å². The van der Waals surface area contributed by atoms with E-state index in [0.717, 1.165) is 0 Å². The van der Waals surface area contributed by atoms with Gasteiger partial charge in [-0.3, -0.25) is 0 Å². The van der Waals surface area contributed by atoms with E-state index in [1.165, 1.54) is 24.3 Å². The van der Waals surface area contributed by atoms with Crippen molar-refractivity contribution < 1.29 is 36.0 Å². The van der Waals surface area contributed by atoms with Crippen molar-refractivity contribution >= 4 is 11.8 Å². The van der Waals surface area contributed by atoms with Crippen LogP contribution in [-0.2, 0) is 9.63 Å². The van der Waals surface area contributed by atoms with Crippen LogP contribution < -0.4 is 5.73 Å². The van der Waals surface area contributed by atoms with Gasteiger partial charge in [0, 0.05) is 5.56 Å². The average Bonchev–Trinajstić information content (AvgIpc) is 2.33. The molecule has 0 saturated heterocycles. The lowest BCUT2D eigenvalue weighted by Crippen LogP contribution is -2.43. The topological polar surface area (TPSA) is 64.7 Å². The van der Waals surface area contributed by atoms with Gasteiger partial charge in [0.15, 0.2) is 5.84 Å². The lowest BCUT2D eigenvalue weighted by Gasteiger charge is -2.19. The Hall–Kier alpha value is -2.26. The molecule has 0 aliphatic heterocycles. The molecule has 0 aliphatic rings. The standard InChI is InChI=1S/C11H8F6N2O2/c12-10(13,14)7(11(15,16)17)9(20)21-19-8(18)6-4-2-1-3-5-6/h1-5,7H,(H2,18,19). The highest BCUT2D eigenvalue weighted by molar-refractivity contribution is 5.97. The van der Waals surface area contributed by atoms with Gasteiger partial charge in [-0.05, 0) is 0 Å². The average molecular weight is 314 g/mol. The van der Waals surface area contributed by atoms with Crippen molar-refractivity contribution in [2.45, 2.75) is 12.4 Å². The van der Waals surface area contributed by atoms with Crippen LogP contribution in [0.2, 0.25) is 0 Å². The number of rotatable bonds is 3. The number of nitrogens with zero attached hydrogens (tertiary/aromatic N) is 1. The molecule has 1 aromatic rings. The van der Waals surface area contributed by atoms with E-state index in [9.17, 15) is 31.1 Å². The van der Waals surface area contributed by atoms with Gasteiger partial charge in [0.1, 0.15) is 0 Å². The first-order chi connectivity index (χ1) is 9.53. The Balaban J connectivity index is 2.89. The first-order valence-corrected chi connectivity index (χ1v) is 5.26. The highest BCUT2D eigenvalue weighted by atomic mass is 19.4. The molecule has 0 amide bonds. The predicted molar refractivity (Wildman–Crippen MR) is 58.9 cm³/mol. The molecule has 116 valence electrons. The number of oxime groups is 1. The molecule has 4 nitrogen and oxygen atoms in total. The first-order valence-electron chi connectivity index (χ1n) is 5.26. The summed E-state index contributed by atoms with van der Waals surface area (Å²) in [5.74, 6) is -7.42. The van der Waals surface area contributed by atoms with Crippen LogP contribution in [0.4, 0.5) is 26.3 Å². The number of benzene rings is 1. The third-order valence-electron chi connectivity index (χ3n) is 2.19. The molecule has 1 aromatic carbocycles. The minimum Gasteiger partial charge on any atom is -0.380 e. The number of hydrogen-bond donors (Lipinski definition) is 1. The maximum absolute atomic E-state index is 12.2. The molecule has 0 bridgehead atoms. The van der Waals surface area contributed by atoms with Gasteiger partial charge < -0.3 is 10.6 Å². The maximum atomic E-state index is 12.2. The van der Waals surface area contributed by atoms with Crippen molar-refractivity contribution in [3.05, 3.63) is 35.9 Å². The normalized spacial score (nSPS) is 13.4. The summed E-state index contributed by atoms with van der Waals surface area (Å²) in [5.41, 5.74) is 5.44. The zero-order valence-corrected chi connectivity index (χ0v) is 10.1. The quantitative estimate of drug-likeness (QED) is 0.307. The zero-order chi connectivity index (χ0) is 16.3. The van der Waals surface area contributed by atoms with Crippen LogP contribution in [0.25, 0.3) is 0 Å². The fourth-order valence-corrected chi connectivity index (χ4v) is 1.26. The van der Waals surface area contributed by atoms with Gasteiger partial charge in [-0.1, -0.05) is 35.5 Å². The SMILES string of the molecule is N/C(=N\OC(=O)C(C(F)(F)F)C(F)(F)F)c1ccccc1. The second-order valence-corrected chi connectivity index (χ2v) is 3.77. The van der Waals surface area contributed by atoms with E-state index in [4.69, 9.17) is 5.73 Å². The molecule has 21 heavy (non-hydrogen) atoms. The van der Waals surface area contributed by atoms with Gasteiger partial charge in [0.05, 0.1) is 0 Å². The summed E-state index contributed by atoms with van der Waals surface area (Å²) in [6, 6.07) is 7.32. The van der Waals surface area contributed by atoms with Crippen LogP contribution >= 0.6 is 0 Å². The molecule has 0 heterocycles. The van der Waals surface area contributed by atoms with Crippen LogP contribution in [0.15, 0.2) is 35.5 Å². The molecule has 0 radical (unpaired) electrons. The van der Waals surface area contributed by atoms with E-state index in [1.807, 2.05) is 0 Å². The minimum absolute atomic E-state index is 0.167. The lowest BCUT2D eigenvalue weighted by molar-refractivity contribution is -0.282. The van der Waals surface area contributed by atoms with E-state index < -0.39 is 30.1 Å². The maximum Gasteiger partial charge on any atom is 0.411 e. The summed E-state index contributed by atoms with van der Waals surface area (Å²) in [6.07, 6.45) is -11.7. The number of amidine groups is 1. The molecular formula is C11H8F6N2O2. The van der Waals surface area contributed by atoms with E-state index in [0.29, 0.717) is 0 Å². The van der Waals surface area contributed by atoms with Gasteiger partial charge in [0.2, 0.25) is 5.92 Å². The first kappa shape index (κ1) is 16.8. The van der Waals surface area contributed by atoms with Crippen molar-refractivity contribution in [3.8, 4) is 0 Å². The van der Waals surface area contributed by atoms with Crippen LogP contribution in [0, 0.1) is 5.92 Å². The van der Waals surface area contributed by atoms with Crippen molar-refractivity contribution in [1.82, 2.24) is 0 Å². The molecule has 0 spiro atoms. The summed E-state index contributed by atoms with van der Waals surface area (Å²) in [7, 11) is 0. The Bertz CT molecular complexity index is 510. The summed E-state index contributed by atoms with van der Waals surface area (Å²) in [4.78, 5) is 14.6. The van der Waals surface area contributed by atoms with Gasteiger partial charge in [-0.15, -0.1) is 0 Å². The number of hydrogen-bond acceptors (Lipinski definition) is 3. The van der Waals surface area contributed by atoms with Gasteiger partial charge in [0.25, 0.3) is 0 Å². The van der Waals surface area contributed by atoms with E-state index >= 15 is 0 Å². The third kappa shape index (κ3) is 4.65. The van der Waals surface area contributed by atoms with Crippen LogP contribution in [0.5, 0.6) is 0 Å². The molecular weight excluding hydrogens is 306 g/mol. The van der Waals surface area contributed by atoms with E-state index in [1.54, 1.807) is 6.07 Å². The Morgan fingerprint density at radius 2 is 1.52 bits per heavy atom. The Morgan fingerprint density at radius 1 is 1.05 bits per heavy atom. The largest absolute Gasteiger partial charge is 0.411 e. The van der Waals surface area contributed by atoms with Crippen molar-refractivity contribution in [2.75, 3.05) is 0 Å². The van der Waals surface area contributed by atoms with Crippen molar-refractivity contribution in [2.24, 2.45) is 16.8 Å². The molecule has 0 aliphatic carbocycles. The predicted octanol–water partition coefficient (Wildman–Crippen LogP) is 2.59. The summed E-state index contributed by atoms with van der Waals surface area (Å²) in [5, 5.41) is 2.79. The lowest BCUT2D eigenvalue weighted by atomic mass is 10.1. The summed E-state index contributed by atoms with van der Waals surface area (Å²) in [6.45, 7) is 0. The summed E-state index contributed by atoms with van der Waals surface area (Å²) < 4.78 is 73.3. The van der Waals surface area contributed by atoms with Crippen LogP contribution in [-0.4, -0.2) is 24.2 Å². The highest BCUT2D eigenvalue weighted by Gasteiger charge is 2.62. The minimum atomic E-state index is -5.84. The molecule has 0 saturated carbocycles. The second kappa shape index (κ2) is 6.02. The number of nitrogens with two attached hydrogens (primary N) is 1. The highest BCUT2D eigenvalue weighted by Crippen LogP contribution is 2.39. The van der Waals surface area contributed by atoms with E-state index in [2.05, 4.69) is 9.99 Å². The second-order valence-electron chi connectivity index (χ2n) is 3.77. The molecule has 2 N–H and O–H groups in total. The van der Waals surface area contributed by atoms with Gasteiger partial charge >= 0.3 is 18.3 Å². The Labute approximate surface area is 114 Å². The number of carbonyl (C=O) groups excluding carboxylic acids is 1. The monoisotopic (exact) mass is 314 g/mol. The van der Waals surface area contributed by atoms with Gasteiger partial charge in [-0.2, -0.15) is 26.3 Å². The molecule has 0 unspecified atom stereocenters. The number of carbonyl (C=O) groups is 1. The van der Waals surface area contributed by atoms with Crippen molar-refractivity contribution in [3.63, 3.8) is 0 Å². The fourth-order valence-electron chi connectivity index (χ4n) is 1.26. The van der Waals surface area contributed by atoms with E-state index in [-0.39, 0.29) is 5.56 Å². The molecule has 0 fully saturated rings. The number of halogens is 6. The molecule has 0 aromatic heterocycles. The third-order valence-corrected chi connectivity index (χ3v) is 2.19. The van der Waals surface area contributed by atoms with Crippen molar-refractivity contribution in [1.29, 1.82) is 0 Å². The summed E-state index contributed by atoms with van der Waals surface area (Å²) >= 11 is 0. The Kier molecular flexibility index (Phi) is 4.81. The number of alkyl halides is 6. The molecule has 0 atom stereocenters. The molecule has 1 rings (SSSR count). The molecule has 10 heteroatoms. The van der Waals surface area contributed by atoms with Crippen LogP contribution in [0.3, 0.4) is 0 Å². The Morgan fingerprint density at radius 3 is 1.95 bits per heavy atom.